The second-order valence-electron chi connectivity index (χ2n) is 11.6. The predicted octanol–water partition coefficient (Wildman–Crippen LogP) is 13.2. The Morgan fingerprint density at radius 1 is 0.311 bits per heavy atom. The molecular formula is C42H26S3. The van der Waals surface area contributed by atoms with Crippen molar-refractivity contribution in [3.05, 3.63) is 152 Å². The van der Waals surface area contributed by atoms with Crippen molar-refractivity contribution in [1.82, 2.24) is 0 Å². The van der Waals surface area contributed by atoms with Crippen LogP contribution in [0.15, 0.2) is 176 Å². The van der Waals surface area contributed by atoms with Crippen LogP contribution in [0, 0.1) is 0 Å². The Morgan fingerprint density at radius 2 is 0.822 bits per heavy atom. The zero-order valence-corrected chi connectivity index (χ0v) is 26.7. The van der Waals surface area contributed by atoms with Gasteiger partial charge in [0.05, 0.1) is 0 Å². The molecule has 0 saturated heterocycles. The lowest BCUT2D eigenvalue weighted by atomic mass is 10.0. The SMILES string of the molecule is Sc1ccc2c(ccc3cc(Sc4cc5cc(Sc6ccc7cc8ccccc8cc7c6)ccc5c5ccccc45)ccc32)c1. The predicted molar refractivity (Wildman–Crippen MR) is 200 cm³/mol. The minimum atomic E-state index is 0.991. The van der Waals surface area contributed by atoms with E-state index in [2.05, 4.69) is 164 Å². The molecule has 0 radical (unpaired) electrons. The van der Waals surface area contributed by atoms with Crippen molar-refractivity contribution < 1.29 is 0 Å². The smallest absolute Gasteiger partial charge is 0.0207 e. The van der Waals surface area contributed by atoms with E-state index in [0.29, 0.717) is 0 Å². The summed E-state index contributed by atoms with van der Waals surface area (Å²) in [7, 11) is 0. The van der Waals surface area contributed by atoms with Gasteiger partial charge in [-0.1, -0.05) is 108 Å². The van der Waals surface area contributed by atoms with E-state index in [4.69, 9.17) is 0 Å². The van der Waals surface area contributed by atoms with Crippen LogP contribution in [0.25, 0.3) is 64.6 Å². The maximum atomic E-state index is 4.53. The fourth-order valence-electron chi connectivity index (χ4n) is 6.55. The lowest BCUT2D eigenvalue weighted by Crippen LogP contribution is -1.84. The quantitative estimate of drug-likeness (QED) is 0.117. The molecule has 0 amide bonds. The van der Waals surface area contributed by atoms with Crippen LogP contribution >= 0.6 is 36.2 Å². The highest BCUT2D eigenvalue weighted by Gasteiger charge is 2.11. The monoisotopic (exact) mass is 626 g/mol. The first-order valence-electron chi connectivity index (χ1n) is 15.0. The summed E-state index contributed by atoms with van der Waals surface area (Å²) in [4.78, 5) is 6.01. The lowest BCUT2D eigenvalue weighted by molar-refractivity contribution is 1.44. The third-order valence-corrected chi connectivity index (χ3v) is 11.0. The first-order chi connectivity index (χ1) is 22.1. The highest BCUT2D eigenvalue weighted by molar-refractivity contribution is 7.99. The standard InChI is InChI=1S/C42H26S3/c43-33-12-16-37-29(21-33)9-10-30-22-36(15-17-38(30)37)45-42-25-32-24-35(14-18-39(32)40-7-3-4-8-41(40)42)44-34-13-11-28-19-26-5-1-2-6-27(26)20-31(28)23-34/h1-25,43H. The normalized spacial score (nSPS) is 11.8. The van der Waals surface area contributed by atoms with E-state index < -0.39 is 0 Å². The van der Waals surface area contributed by atoms with E-state index in [1.807, 2.05) is 23.5 Å². The van der Waals surface area contributed by atoms with Gasteiger partial charge in [-0.15, -0.1) is 12.6 Å². The van der Waals surface area contributed by atoms with Crippen molar-refractivity contribution in [2.45, 2.75) is 24.5 Å². The number of rotatable bonds is 4. The van der Waals surface area contributed by atoms with E-state index in [-0.39, 0.29) is 0 Å². The average Bonchev–Trinajstić information content (AvgIpc) is 3.07. The summed E-state index contributed by atoms with van der Waals surface area (Å²) in [6.07, 6.45) is 0. The first kappa shape index (κ1) is 26.9. The van der Waals surface area contributed by atoms with Crippen molar-refractivity contribution in [3.8, 4) is 0 Å². The van der Waals surface area contributed by atoms with Gasteiger partial charge in [0.15, 0.2) is 0 Å². The average molecular weight is 627 g/mol. The molecule has 0 saturated carbocycles. The highest BCUT2D eigenvalue weighted by Crippen LogP contribution is 2.41. The molecule has 0 spiro atoms. The van der Waals surface area contributed by atoms with Gasteiger partial charge in [0.1, 0.15) is 0 Å². The van der Waals surface area contributed by atoms with Crippen molar-refractivity contribution >= 4 is 101 Å². The summed E-state index contributed by atoms with van der Waals surface area (Å²) < 4.78 is 0. The number of hydrogen-bond donors (Lipinski definition) is 1. The molecule has 0 aliphatic carbocycles. The summed E-state index contributed by atoms with van der Waals surface area (Å²) in [5.74, 6) is 0. The molecule has 212 valence electrons. The van der Waals surface area contributed by atoms with Crippen molar-refractivity contribution in [3.63, 3.8) is 0 Å². The van der Waals surface area contributed by atoms with Crippen LogP contribution in [-0.2, 0) is 0 Å². The van der Waals surface area contributed by atoms with Gasteiger partial charge in [0, 0.05) is 24.5 Å². The van der Waals surface area contributed by atoms with Gasteiger partial charge in [-0.3, -0.25) is 0 Å². The summed E-state index contributed by atoms with van der Waals surface area (Å²) in [5, 5.41) is 15.3. The molecule has 0 unspecified atom stereocenters. The summed E-state index contributed by atoms with van der Waals surface area (Å²) >= 11 is 8.21. The van der Waals surface area contributed by atoms with Gasteiger partial charge < -0.3 is 0 Å². The van der Waals surface area contributed by atoms with Crippen molar-refractivity contribution in [2.24, 2.45) is 0 Å². The van der Waals surface area contributed by atoms with Gasteiger partial charge >= 0.3 is 0 Å². The summed E-state index contributed by atoms with van der Waals surface area (Å²) in [5.41, 5.74) is 0. The zero-order chi connectivity index (χ0) is 29.9. The molecule has 9 aromatic carbocycles. The largest absolute Gasteiger partial charge is 0.143 e. The maximum Gasteiger partial charge on any atom is 0.0207 e. The summed E-state index contributed by atoms with van der Waals surface area (Å²) in [6.45, 7) is 0. The number of thiol groups is 1. The molecule has 0 bridgehead atoms. The van der Waals surface area contributed by atoms with Gasteiger partial charge in [-0.25, -0.2) is 0 Å². The van der Waals surface area contributed by atoms with Crippen LogP contribution in [0.5, 0.6) is 0 Å². The van der Waals surface area contributed by atoms with Crippen LogP contribution in [-0.4, -0.2) is 0 Å². The van der Waals surface area contributed by atoms with Gasteiger partial charge in [0.2, 0.25) is 0 Å². The molecule has 45 heavy (non-hydrogen) atoms. The van der Waals surface area contributed by atoms with Crippen LogP contribution in [0.1, 0.15) is 0 Å². The molecule has 0 nitrogen and oxygen atoms in total. The number of hydrogen-bond acceptors (Lipinski definition) is 3. The molecule has 0 atom stereocenters. The third-order valence-electron chi connectivity index (χ3n) is 8.72. The van der Waals surface area contributed by atoms with Gasteiger partial charge in [-0.2, -0.15) is 0 Å². The molecule has 0 aliphatic heterocycles. The fourth-order valence-corrected chi connectivity index (χ4v) is 8.73. The van der Waals surface area contributed by atoms with Crippen LogP contribution < -0.4 is 0 Å². The molecule has 3 heteroatoms. The Morgan fingerprint density at radius 3 is 1.60 bits per heavy atom. The fraction of sp³-hybridized carbons (Fsp3) is 0. The topological polar surface area (TPSA) is 0 Å². The minimum Gasteiger partial charge on any atom is -0.143 e. The number of benzene rings is 9. The van der Waals surface area contributed by atoms with E-state index in [1.165, 1.54) is 84.2 Å². The number of fused-ring (bicyclic) bond motifs is 8. The summed E-state index contributed by atoms with van der Waals surface area (Å²) in [6, 6.07) is 55.7. The molecule has 0 fully saturated rings. The van der Waals surface area contributed by atoms with Crippen molar-refractivity contribution in [2.75, 3.05) is 0 Å². The first-order valence-corrected chi connectivity index (χ1v) is 17.1. The van der Waals surface area contributed by atoms with Crippen LogP contribution in [0.4, 0.5) is 0 Å². The minimum absolute atomic E-state index is 0.991. The second-order valence-corrected chi connectivity index (χ2v) is 14.3. The molecule has 0 heterocycles. The Balaban J connectivity index is 1.09. The Kier molecular flexibility index (Phi) is 6.52. The second kappa shape index (κ2) is 10.9. The lowest BCUT2D eigenvalue weighted by Gasteiger charge is -2.13. The molecule has 0 aliphatic rings. The zero-order valence-electron chi connectivity index (χ0n) is 24.2. The van der Waals surface area contributed by atoms with E-state index >= 15 is 0 Å². The maximum absolute atomic E-state index is 4.53. The molecule has 0 aromatic heterocycles. The molecular weight excluding hydrogens is 601 g/mol. The molecule has 9 rings (SSSR count). The van der Waals surface area contributed by atoms with Gasteiger partial charge in [0.25, 0.3) is 0 Å². The molecule has 0 N–H and O–H groups in total. The Hall–Kier alpha value is -4.41. The van der Waals surface area contributed by atoms with Crippen LogP contribution in [0.2, 0.25) is 0 Å². The van der Waals surface area contributed by atoms with Crippen molar-refractivity contribution in [1.29, 1.82) is 0 Å². The Labute approximate surface area is 275 Å². The van der Waals surface area contributed by atoms with E-state index in [9.17, 15) is 0 Å². The molecule has 9 aromatic rings. The highest BCUT2D eigenvalue weighted by atomic mass is 32.2. The van der Waals surface area contributed by atoms with E-state index in [0.717, 1.165) is 4.90 Å². The third kappa shape index (κ3) is 4.92. The Bertz CT molecular complexity index is 2620. The van der Waals surface area contributed by atoms with Gasteiger partial charge in [-0.05, 0) is 131 Å². The van der Waals surface area contributed by atoms with Crippen LogP contribution in [0.3, 0.4) is 0 Å². The van der Waals surface area contributed by atoms with E-state index in [1.54, 1.807) is 0 Å².